The molecule has 27 heavy (non-hydrogen) atoms. The van der Waals surface area contributed by atoms with Crippen LogP contribution in [0.15, 0.2) is 29.6 Å². The number of thiazole rings is 1. The zero-order chi connectivity index (χ0) is 19.4. The van der Waals surface area contributed by atoms with Gasteiger partial charge in [0.05, 0.1) is 17.1 Å². The number of likely N-dealkylation sites (tertiary alicyclic amines) is 1. The van der Waals surface area contributed by atoms with Crippen LogP contribution in [-0.2, 0) is 11.2 Å². The minimum absolute atomic E-state index is 0.0246. The number of piperidine rings is 1. The molecule has 0 saturated carbocycles. The summed E-state index contributed by atoms with van der Waals surface area (Å²) in [5.74, 6) is 1.49. The van der Waals surface area contributed by atoms with E-state index < -0.39 is 0 Å². The maximum absolute atomic E-state index is 12.4. The highest BCUT2D eigenvalue weighted by Crippen LogP contribution is 2.30. The highest BCUT2D eigenvalue weighted by Gasteiger charge is 2.23. The summed E-state index contributed by atoms with van der Waals surface area (Å²) < 4.78 is 0. The molecule has 1 amide bonds. The fraction of sp³-hybridized carbons (Fsp3) is 0.524. The highest BCUT2D eigenvalue weighted by atomic mass is 35.5. The maximum atomic E-state index is 12.4. The third-order valence-electron chi connectivity index (χ3n) is 4.88. The number of rotatable bonds is 6. The van der Waals surface area contributed by atoms with Crippen molar-refractivity contribution in [2.24, 2.45) is 11.8 Å². The Morgan fingerprint density at radius 1 is 1.33 bits per heavy atom. The number of halogens is 1. The van der Waals surface area contributed by atoms with Crippen molar-refractivity contribution >= 4 is 28.8 Å². The molecule has 1 saturated heterocycles. The van der Waals surface area contributed by atoms with Gasteiger partial charge in [-0.2, -0.15) is 0 Å². The molecule has 4 nitrogen and oxygen atoms in total. The third kappa shape index (κ3) is 5.77. The molecule has 0 spiro atoms. The summed E-state index contributed by atoms with van der Waals surface area (Å²) in [5.41, 5.74) is 1.71. The van der Waals surface area contributed by atoms with E-state index in [9.17, 15) is 4.79 Å². The number of aromatic nitrogens is 1. The van der Waals surface area contributed by atoms with E-state index in [1.54, 1.807) is 0 Å². The van der Waals surface area contributed by atoms with Crippen molar-refractivity contribution in [3.05, 3.63) is 40.4 Å². The second kappa shape index (κ2) is 9.18. The van der Waals surface area contributed by atoms with Crippen molar-refractivity contribution in [2.75, 3.05) is 19.6 Å². The first kappa shape index (κ1) is 20.3. The minimum Gasteiger partial charge on any atom is -0.352 e. The van der Waals surface area contributed by atoms with Gasteiger partial charge < -0.3 is 10.2 Å². The quantitative estimate of drug-likeness (QED) is 0.770. The van der Waals surface area contributed by atoms with Crippen LogP contribution in [0.1, 0.15) is 32.9 Å². The Balaban J connectivity index is 1.51. The summed E-state index contributed by atoms with van der Waals surface area (Å²) in [4.78, 5) is 19.5. The van der Waals surface area contributed by atoms with Crippen molar-refractivity contribution in [1.29, 1.82) is 0 Å². The maximum Gasteiger partial charge on any atom is 0.226 e. The van der Waals surface area contributed by atoms with Crippen LogP contribution >= 0.6 is 22.9 Å². The molecule has 146 valence electrons. The van der Waals surface area contributed by atoms with E-state index in [-0.39, 0.29) is 11.9 Å². The topological polar surface area (TPSA) is 45.2 Å². The Morgan fingerprint density at radius 2 is 2.04 bits per heavy atom. The van der Waals surface area contributed by atoms with Crippen molar-refractivity contribution in [3.63, 3.8) is 0 Å². The minimum atomic E-state index is 0.0246. The van der Waals surface area contributed by atoms with E-state index in [0.717, 1.165) is 47.7 Å². The van der Waals surface area contributed by atoms with Gasteiger partial charge in [-0.1, -0.05) is 43.6 Å². The first-order valence-corrected chi connectivity index (χ1v) is 10.9. The van der Waals surface area contributed by atoms with E-state index in [4.69, 9.17) is 11.6 Å². The average molecular weight is 406 g/mol. The fourth-order valence-corrected chi connectivity index (χ4v) is 5.15. The lowest BCUT2D eigenvalue weighted by molar-refractivity contribution is -0.121. The van der Waals surface area contributed by atoms with Crippen molar-refractivity contribution in [3.8, 4) is 10.6 Å². The van der Waals surface area contributed by atoms with Crippen molar-refractivity contribution in [2.45, 2.75) is 39.7 Å². The van der Waals surface area contributed by atoms with E-state index in [0.29, 0.717) is 11.4 Å². The Labute approximate surface area is 170 Å². The fourth-order valence-electron chi connectivity index (χ4n) is 4.01. The van der Waals surface area contributed by atoms with Crippen LogP contribution in [0.25, 0.3) is 10.6 Å². The van der Waals surface area contributed by atoms with Crippen LogP contribution < -0.4 is 5.32 Å². The van der Waals surface area contributed by atoms with Gasteiger partial charge in [-0.15, -0.1) is 11.3 Å². The number of carbonyl (C=O) groups is 1. The number of benzene rings is 1. The highest BCUT2D eigenvalue weighted by molar-refractivity contribution is 7.13. The largest absolute Gasteiger partial charge is 0.352 e. The molecule has 6 heteroatoms. The lowest BCUT2D eigenvalue weighted by Crippen LogP contribution is -2.47. The van der Waals surface area contributed by atoms with Gasteiger partial charge in [0.2, 0.25) is 5.91 Å². The van der Waals surface area contributed by atoms with Gasteiger partial charge in [0, 0.05) is 36.6 Å². The second-order valence-electron chi connectivity index (χ2n) is 7.93. The smallest absolute Gasteiger partial charge is 0.226 e. The number of hydrogen-bond acceptors (Lipinski definition) is 4. The Morgan fingerprint density at radius 3 is 2.74 bits per heavy atom. The molecule has 0 bridgehead atoms. The average Bonchev–Trinajstić information content (AvgIpc) is 3.02. The lowest BCUT2D eigenvalue weighted by Gasteiger charge is -2.36. The molecule has 1 aliphatic rings. The number of nitrogens with one attached hydrogen (secondary N) is 1. The van der Waals surface area contributed by atoms with Crippen LogP contribution in [-0.4, -0.2) is 41.5 Å². The van der Waals surface area contributed by atoms with Gasteiger partial charge in [0.25, 0.3) is 0 Å². The number of hydrogen-bond donors (Lipinski definition) is 1. The summed E-state index contributed by atoms with van der Waals surface area (Å²) in [6.45, 7) is 9.85. The summed E-state index contributed by atoms with van der Waals surface area (Å²) in [6, 6.07) is 7.79. The molecule has 2 aromatic rings. The molecule has 1 aromatic heterocycles. The first-order valence-electron chi connectivity index (χ1n) is 9.61. The summed E-state index contributed by atoms with van der Waals surface area (Å²) in [7, 11) is 0. The van der Waals surface area contributed by atoms with Crippen LogP contribution in [0.2, 0.25) is 5.02 Å². The van der Waals surface area contributed by atoms with Gasteiger partial charge in [-0.25, -0.2) is 4.98 Å². The predicted octanol–water partition coefficient (Wildman–Crippen LogP) is 4.49. The third-order valence-corrected chi connectivity index (χ3v) is 6.14. The van der Waals surface area contributed by atoms with Gasteiger partial charge in [-0.3, -0.25) is 4.79 Å². The van der Waals surface area contributed by atoms with E-state index in [1.807, 2.05) is 29.6 Å². The molecule has 3 unspecified atom stereocenters. The molecular formula is C21H28ClN3OS. The molecule has 3 atom stereocenters. The van der Waals surface area contributed by atoms with E-state index >= 15 is 0 Å². The monoisotopic (exact) mass is 405 g/mol. The van der Waals surface area contributed by atoms with Gasteiger partial charge in [-0.05, 0) is 31.2 Å². The standard InChI is InChI=1S/C21H28ClN3OS/c1-14-8-15(2)11-25(10-14)12-16(3)23-20(26)9-17-13-27-21(24-17)18-6-4-5-7-19(18)22/h4-7,13-16H,8-12H2,1-3H3,(H,23,26). The van der Waals surface area contributed by atoms with Gasteiger partial charge >= 0.3 is 0 Å². The van der Waals surface area contributed by atoms with Crippen molar-refractivity contribution in [1.82, 2.24) is 15.2 Å². The van der Waals surface area contributed by atoms with Gasteiger partial charge in [0.1, 0.15) is 5.01 Å². The molecule has 1 aliphatic heterocycles. The lowest BCUT2D eigenvalue weighted by atomic mass is 9.92. The predicted molar refractivity (Wildman–Crippen MR) is 113 cm³/mol. The Hall–Kier alpha value is -1.43. The Bertz CT molecular complexity index is 768. The molecule has 1 fully saturated rings. The summed E-state index contributed by atoms with van der Waals surface area (Å²) in [6.07, 6.45) is 1.60. The van der Waals surface area contributed by atoms with Crippen LogP contribution in [0, 0.1) is 11.8 Å². The summed E-state index contributed by atoms with van der Waals surface area (Å²) >= 11 is 7.76. The first-order chi connectivity index (χ1) is 12.9. The van der Waals surface area contributed by atoms with Crippen LogP contribution in [0.3, 0.4) is 0 Å². The van der Waals surface area contributed by atoms with Crippen LogP contribution in [0.5, 0.6) is 0 Å². The molecule has 0 radical (unpaired) electrons. The summed E-state index contributed by atoms with van der Waals surface area (Å²) in [5, 5.41) is 6.60. The number of nitrogens with zero attached hydrogens (tertiary/aromatic N) is 2. The molecule has 1 N–H and O–H groups in total. The van der Waals surface area contributed by atoms with E-state index in [2.05, 4.69) is 36.0 Å². The number of carbonyl (C=O) groups excluding carboxylic acids is 1. The van der Waals surface area contributed by atoms with E-state index in [1.165, 1.54) is 17.8 Å². The zero-order valence-electron chi connectivity index (χ0n) is 16.2. The molecule has 0 aliphatic carbocycles. The normalized spacial score (nSPS) is 21.8. The SMILES string of the molecule is CC1CC(C)CN(CC(C)NC(=O)Cc2csc(-c3ccccc3Cl)n2)C1. The van der Waals surface area contributed by atoms with Crippen LogP contribution in [0.4, 0.5) is 0 Å². The molecule has 3 rings (SSSR count). The zero-order valence-corrected chi connectivity index (χ0v) is 17.8. The molecule has 1 aromatic carbocycles. The second-order valence-corrected chi connectivity index (χ2v) is 9.20. The van der Waals surface area contributed by atoms with Gasteiger partial charge in [0.15, 0.2) is 0 Å². The van der Waals surface area contributed by atoms with Crippen molar-refractivity contribution < 1.29 is 4.79 Å². The molecular weight excluding hydrogens is 378 g/mol. The Kier molecular flexibility index (Phi) is 6.90. The molecule has 2 heterocycles. The number of amides is 1.